The van der Waals surface area contributed by atoms with Crippen LogP contribution in [0.2, 0.25) is 0 Å². The topological polar surface area (TPSA) is 83.9 Å². The number of anilines is 1. The first kappa shape index (κ1) is 20.3. The van der Waals surface area contributed by atoms with Crippen LogP contribution in [-0.2, 0) is 4.79 Å². The number of carbonyl (C=O) groups excluding carboxylic acids is 1. The number of halogens is 1. The second-order valence-corrected chi connectivity index (χ2v) is 7.89. The van der Waals surface area contributed by atoms with Crippen LogP contribution < -0.4 is 16.2 Å². The van der Waals surface area contributed by atoms with Crippen molar-refractivity contribution in [3.05, 3.63) is 64.9 Å². The van der Waals surface area contributed by atoms with Gasteiger partial charge in [-0.1, -0.05) is 45.9 Å². The zero-order valence-electron chi connectivity index (χ0n) is 14.8. The lowest BCUT2D eigenvalue weighted by atomic mass is 10.3. The van der Waals surface area contributed by atoms with Gasteiger partial charge in [0.1, 0.15) is 5.82 Å². The van der Waals surface area contributed by atoms with E-state index in [1.54, 1.807) is 0 Å². The highest BCUT2D eigenvalue weighted by molar-refractivity contribution is 9.10. The minimum Gasteiger partial charge on any atom is -0.331 e. The summed E-state index contributed by atoms with van der Waals surface area (Å²) in [5.74, 6) is 0.691. The normalized spacial score (nSPS) is 10.4. The van der Waals surface area contributed by atoms with Gasteiger partial charge in [-0.3, -0.25) is 20.2 Å². The maximum atomic E-state index is 12.1. The zero-order chi connectivity index (χ0) is 19.9. The van der Waals surface area contributed by atoms with Crippen LogP contribution in [0.25, 0.3) is 5.69 Å². The van der Waals surface area contributed by atoms with Crippen LogP contribution in [0.15, 0.2) is 64.2 Å². The van der Waals surface area contributed by atoms with Gasteiger partial charge in [-0.05, 0) is 55.5 Å². The lowest BCUT2D eigenvalue weighted by Gasteiger charge is -2.12. The van der Waals surface area contributed by atoms with Crippen LogP contribution in [0.1, 0.15) is 5.82 Å². The molecule has 1 heterocycles. The van der Waals surface area contributed by atoms with E-state index in [1.807, 2.05) is 66.1 Å². The number of rotatable bonds is 5. The Hall–Kier alpha value is -2.43. The Labute approximate surface area is 180 Å². The number of hydrogen-bond acceptors (Lipinski definition) is 5. The van der Waals surface area contributed by atoms with Crippen molar-refractivity contribution >= 4 is 56.6 Å². The summed E-state index contributed by atoms with van der Waals surface area (Å²) in [6.45, 7) is 1.87. The summed E-state index contributed by atoms with van der Waals surface area (Å²) in [7, 11) is 0. The third-order valence-electron chi connectivity index (χ3n) is 3.56. The minimum absolute atomic E-state index is 0.166. The summed E-state index contributed by atoms with van der Waals surface area (Å²) in [5.41, 5.74) is 7.02. The van der Waals surface area contributed by atoms with E-state index in [0.29, 0.717) is 10.3 Å². The average molecular weight is 477 g/mol. The molecule has 0 saturated carbocycles. The number of hydrazine groups is 1. The number of benzene rings is 2. The molecule has 0 aliphatic heterocycles. The van der Waals surface area contributed by atoms with Crippen molar-refractivity contribution < 1.29 is 4.79 Å². The first-order valence-corrected chi connectivity index (χ1v) is 10.4. The molecule has 7 nitrogen and oxygen atoms in total. The monoisotopic (exact) mass is 476 g/mol. The van der Waals surface area contributed by atoms with Crippen molar-refractivity contribution in [2.24, 2.45) is 0 Å². The van der Waals surface area contributed by atoms with Crippen LogP contribution in [0.3, 0.4) is 0 Å². The minimum atomic E-state index is -0.231. The fourth-order valence-corrected chi connectivity index (χ4v) is 3.53. The van der Waals surface area contributed by atoms with E-state index in [4.69, 9.17) is 12.2 Å². The van der Waals surface area contributed by atoms with Crippen LogP contribution in [0.4, 0.5) is 5.69 Å². The molecule has 0 fully saturated rings. The Balaban J connectivity index is 1.50. The summed E-state index contributed by atoms with van der Waals surface area (Å²) in [4.78, 5) is 12.1. The van der Waals surface area contributed by atoms with Gasteiger partial charge in [-0.15, -0.1) is 10.2 Å². The molecule has 3 N–H and O–H groups in total. The van der Waals surface area contributed by atoms with Crippen molar-refractivity contribution in [2.45, 2.75) is 12.1 Å². The molecule has 0 aliphatic carbocycles. The number of para-hydroxylation sites is 1. The summed E-state index contributed by atoms with van der Waals surface area (Å²) >= 11 is 9.84. The Morgan fingerprint density at radius 1 is 1.11 bits per heavy atom. The smallest absolute Gasteiger partial charge is 0.248 e. The Morgan fingerprint density at radius 3 is 2.54 bits per heavy atom. The molecule has 3 rings (SSSR count). The van der Waals surface area contributed by atoms with Crippen LogP contribution in [0, 0.1) is 6.92 Å². The van der Waals surface area contributed by atoms with E-state index >= 15 is 0 Å². The lowest BCUT2D eigenvalue weighted by Crippen LogP contribution is -2.44. The maximum absolute atomic E-state index is 12.1. The number of aryl methyl sites for hydroxylation is 1. The van der Waals surface area contributed by atoms with E-state index < -0.39 is 0 Å². The molecule has 28 heavy (non-hydrogen) atoms. The quantitative estimate of drug-likeness (QED) is 0.295. The molecule has 2 aromatic carbocycles. The van der Waals surface area contributed by atoms with Gasteiger partial charge in [-0.25, -0.2) is 0 Å². The summed E-state index contributed by atoms with van der Waals surface area (Å²) in [6.07, 6.45) is 0. The number of aromatic nitrogens is 3. The number of carbonyl (C=O) groups is 1. The molecule has 0 atom stereocenters. The molecule has 0 spiro atoms. The van der Waals surface area contributed by atoms with Gasteiger partial charge in [-0.2, -0.15) is 0 Å². The molecule has 1 amide bonds. The van der Waals surface area contributed by atoms with Gasteiger partial charge in [0.25, 0.3) is 0 Å². The predicted molar refractivity (Wildman–Crippen MR) is 118 cm³/mol. The number of amides is 1. The molecule has 0 unspecified atom stereocenters. The van der Waals surface area contributed by atoms with Crippen molar-refractivity contribution in [3.8, 4) is 5.69 Å². The predicted octanol–water partition coefficient (Wildman–Crippen LogP) is 3.45. The number of nitrogens with one attached hydrogen (secondary N) is 3. The molecule has 3 aromatic rings. The number of hydrogen-bond donors (Lipinski definition) is 3. The van der Waals surface area contributed by atoms with Gasteiger partial charge in [0.2, 0.25) is 5.91 Å². The first-order chi connectivity index (χ1) is 13.5. The Bertz CT molecular complexity index is 962. The highest BCUT2D eigenvalue weighted by Crippen LogP contribution is 2.21. The van der Waals surface area contributed by atoms with Gasteiger partial charge in [0.05, 0.1) is 5.75 Å². The van der Waals surface area contributed by atoms with Gasteiger partial charge >= 0.3 is 0 Å². The highest BCUT2D eigenvalue weighted by atomic mass is 79.9. The van der Waals surface area contributed by atoms with Crippen molar-refractivity contribution in [2.75, 3.05) is 11.1 Å². The molecular formula is C18H17BrN6OS2. The first-order valence-electron chi connectivity index (χ1n) is 8.24. The maximum Gasteiger partial charge on any atom is 0.248 e. The van der Waals surface area contributed by atoms with E-state index in [-0.39, 0.29) is 11.7 Å². The Kier molecular flexibility index (Phi) is 7.01. The highest BCUT2D eigenvalue weighted by Gasteiger charge is 2.13. The molecule has 144 valence electrons. The standard InChI is InChI=1S/C18H17BrN6OS2/c1-12-21-24-18(25(12)15-5-3-2-4-6-15)28-11-16(26)22-23-17(27)20-14-9-7-13(19)8-10-14/h2-10H,11H2,1H3,(H,22,26)(H2,20,23,27). The summed E-state index contributed by atoms with van der Waals surface area (Å²) in [6, 6.07) is 17.3. The molecule has 1 aromatic heterocycles. The molecule has 0 bridgehead atoms. The SMILES string of the molecule is Cc1nnc(SCC(=O)NNC(=S)Nc2ccc(Br)cc2)n1-c1ccccc1. The summed E-state index contributed by atoms with van der Waals surface area (Å²) in [5, 5.41) is 12.2. The van der Waals surface area contributed by atoms with Crippen molar-refractivity contribution in [3.63, 3.8) is 0 Å². The number of nitrogens with zero attached hydrogens (tertiary/aromatic N) is 3. The van der Waals surface area contributed by atoms with E-state index in [9.17, 15) is 4.79 Å². The van der Waals surface area contributed by atoms with Crippen molar-refractivity contribution in [1.82, 2.24) is 25.6 Å². The fourth-order valence-electron chi connectivity index (χ4n) is 2.30. The van der Waals surface area contributed by atoms with Crippen LogP contribution in [-0.4, -0.2) is 31.5 Å². The molecular weight excluding hydrogens is 460 g/mol. The van der Waals surface area contributed by atoms with E-state index in [0.717, 1.165) is 21.7 Å². The third-order valence-corrected chi connectivity index (χ3v) is 5.22. The summed E-state index contributed by atoms with van der Waals surface area (Å²) < 4.78 is 2.88. The largest absolute Gasteiger partial charge is 0.331 e. The van der Waals surface area contributed by atoms with Gasteiger partial charge < -0.3 is 5.32 Å². The molecule has 0 aliphatic rings. The van der Waals surface area contributed by atoms with Crippen molar-refractivity contribution in [1.29, 1.82) is 0 Å². The lowest BCUT2D eigenvalue weighted by molar-refractivity contribution is -0.119. The van der Waals surface area contributed by atoms with Crippen LogP contribution >= 0.6 is 39.9 Å². The number of thioether (sulfide) groups is 1. The molecule has 10 heteroatoms. The fraction of sp³-hybridized carbons (Fsp3) is 0.111. The van der Waals surface area contributed by atoms with Gasteiger partial charge in [0.15, 0.2) is 10.3 Å². The molecule has 0 saturated heterocycles. The number of thiocarbonyl (C=S) groups is 1. The Morgan fingerprint density at radius 2 is 1.82 bits per heavy atom. The second kappa shape index (κ2) is 9.67. The van der Waals surface area contributed by atoms with Crippen LogP contribution in [0.5, 0.6) is 0 Å². The average Bonchev–Trinajstić information content (AvgIpc) is 3.07. The second-order valence-electron chi connectivity index (χ2n) is 5.62. The third kappa shape index (κ3) is 5.54. The molecule has 0 radical (unpaired) electrons. The van der Waals surface area contributed by atoms with E-state index in [2.05, 4.69) is 42.3 Å². The van der Waals surface area contributed by atoms with E-state index in [1.165, 1.54) is 11.8 Å². The zero-order valence-corrected chi connectivity index (χ0v) is 18.1. The van der Waals surface area contributed by atoms with Gasteiger partial charge in [0, 0.05) is 15.8 Å².